The summed E-state index contributed by atoms with van der Waals surface area (Å²) in [4.78, 5) is 17.6. The first-order valence-corrected chi connectivity index (χ1v) is 5.16. The Kier molecular flexibility index (Phi) is 3.18. The van der Waals surface area contributed by atoms with Crippen molar-refractivity contribution in [3.8, 4) is 22.8 Å². The van der Waals surface area contributed by atoms with Crippen molar-refractivity contribution in [1.29, 1.82) is 0 Å². The Morgan fingerprint density at radius 3 is 2.33 bits per heavy atom. The van der Waals surface area contributed by atoms with Crippen LogP contribution in [0.3, 0.4) is 0 Å². The number of hydrogen-bond acceptors (Lipinski definition) is 4. The molecule has 0 saturated carbocycles. The van der Waals surface area contributed by atoms with Crippen LogP contribution in [0.15, 0.2) is 24.5 Å². The third kappa shape index (κ3) is 2.13. The largest absolute Gasteiger partial charge is 0.497 e. The van der Waals surface area contributed by atoms with Crippen LogP contribution in [-0.4, -0.2) is 35.3 Å². The Balaban J connectivity index is 2.55. The van der Waals surface area contributed by atoms with Gasteiger partial charge in [0.15, 0.2) is 5.69 Å². The maximum absolute atomic E-state index is 11.0. The zero-order valence-corrected chi connectivity index (χ0v) is 9.93. The van der Waals surface area contributed by atoms with Gasteiger partial charge in [-0.3, -0.25) is 0 Å². The summed E-state index contributed by atoms with van der Waals surface area (Å²) in [5, 5.41) is 9.04. The molecule has 0 aliphatic carbocycles. The van der Waals surface area contributed by atoms with Crippen LogP contribution in [0.2, 0.25) is 0 Å². The minimum Gasteiger partial charge on any atom is -0.497 e. The summed E-state index contributed by atoms with van der Waals surface area (Å²) in [5.41, 5.74) is 0.995. The van der Waals surface area contributed by atoms with E-state index in [9.17, 15) is 4.79 Å². The molecule has 0 aliphatic heterocycles. The zero-order valence-electron chi connectivity index (χ0n) is 9.93. The van der Waals surface area contributed by atoms with Gasteiger partial charge in [0.05, 0.1) is 20.5 Å². The molecule has 1 aromatic heterocycles. The van der Waals surface area contributed by atoms with Crippen LogP contribution in [0.4, 0.5) is 0 Å². The number of nitrogens with zero attached hydrogens (tertiary/aromatic N) is 1. The molecule has 0 unspecified atom stereocenters. The van der Waals surface area contributed by atoms with Crippen molar-refractivity contribution in [3.05, 3.63) is 30.2 Å². The van der Waals surface area contributed by atoms with Crippen molar-refractivity contribution < 1.29 is 19.4 Å². The minimum atomic E-state index is -1.07. The molecule has 2 N–H and O–H groups in total. The van der Waals surface area contributed by atoms with Crippen molar-refractivity contribution >= 4 is 5.97 Å². The number of aromatic amines is 1. The van der Waals surface area contributed by atoms with E-state index in [2.05, 4.69) is 9.97 Å². The first-order valence-electron chi connectivity index (χ1n) is 5.16. The molecule has 0 aliphatic rings. The molecular formula is C12H12N2O4. The molecule has 18 heavy (non-hydrogen) atoms. The Labute approximate surface area is 103 Å². The summed E-state index contributed by atoms with van der Waals surface area (Å²) in [5.74, 6) is 0.0802. The second-order valence-electron chi connectivity index (χ2n) is 3.53. The normalized spacial score (nSPS) is 10.1. The first-order chi connectivity index (χ1) is 8.65. The SMILES string of the molecule is COc1cc(OC)cc(-c2nc[nH]c2C(=O)O)c1. The van der Waals surface area contributed by atoms with Crippen LogP contribution >= 0.6 is 0 Å². The summed E-state index contributed by atoms with van der Waals surface area (Å²) >= 11 is 0. The van der Waals surface area contributed by atoms with E-state index in [1.807, 2.05) is 0 Å². The molecule has 6 nitrogen and oxygen atoms in total. The number of aromatic carboxylic acids is 1. The van der Waals surface area contributed by atoms with Gasteiger partial charge >= 0.3 is 5.97 Å². The molecule has 94 valence electrons. The standard InChI is InChI=1S/C12H12N2O4/c1-17-8-3-7(4-9(5-8)18-2)10-11(12(15)16)14-6-13-10/h3-6H,1-2H3,(H,13,14)(H,15,16). The van der Waals surface area contributed by atoms with E-state index >= 15 is 0 Å². The van der Waals surface area contributed by atoms with Crippen LogP contribution in [0.25, 0.3) is 11.3 Å². The number of imidazole rings is 1. The zero-order chi connectivity index (χ0) is 13.1. The van der Waals surface area contributed by atoms with Crippen molar-refractivity contribution in [2.45, 2.75) is 0 Å². The maximum atomic E-state index is 11.0. The number of carboxylic acids is 1. The number of carboxylic acid groups (broad SMARTS) is 1. The molecule has 6 heteroatoms. The molecule has 2 rings (SSSR count). The molecule has 0 fully saturated rings. The van der Waals surface area contributed by atoms with E-state index in [0.29, 0.717) is 22.8 Å². The quantitative estimate of drug-likeness (QED) is 0.861. The number of ether oxygens (including phenoxy) is 2. The Hall–Kier alpha value is -2.50. The number of benzene rings is 1. The highest BCUT2D eigenvalue weighted by molar-refractivity contribution is 5.93. The van der Waals surface area contributed by atoms with E-state index in [4.69, 9.17) is 14.6 Å². The molecular weight excluding hydrogens is 236 g/mol. The van der Waals surface area contributed by atoms with E-state index in [-0.39, 0.29) is 5.69 Å². The predicted molar refractivity (Wildman–Crippen MR) is 64.1 cm³/mol. The number of carbonyl (C=O) groups is 1. The number of methoxy groups -OCH3 is 2. The molecule has 0 spiro atoms. The van der Waals surface area contributed by atoms with E-state index in [1.165, 1.54) is 20.5 Å². The van der Waals surface area contributed by atoms with Gasteiger partial charge in [0.1, 0.15) is 17.2 Å². The number of hydrogen-bond donors (Lipinski definition) is 2. The number of nitrogens with one attached hydrogen (secondary N) is 1. The van der Waals surface area contributed by atoms with Gasteiger partial charge in [-0.25, -0.2) is 9.78 Å². The molecule has 0 saturated heterocycles. The third-order valence-corrected chi connectivity index (χ3v) is 2.48. The van der Waals surface area contributed by atoms with Crippen molar-refractivity contribution in [2.75, 3.05) is 14.2 Å². The Morgan fingerprint density at radius 1 is 1.22 bits per heavy atom. The van der Waals surface area contributed by atoms with Crippen molar-refractivity contribution in [3.63, 3.8) is 0 Å². The summed E-state index contributed by atoms with van der Waals surface area (Å²) < 4.78 is 10.3. The van der Waals surface area contributed by atoms with Crippen molar-refractivity contribution in [2.24, 2.45) is 0 Å². The van der Waals surface area contributed by atoms with Crippen LogP contribution < -0.4 is 9.47 Å². The van der Waals surface area contributed by atoms with Crippen LogP contribution in [0.5, 0.6) is 11.5 Å². The Bertz CT molecular complexity index is 555. The van der Waals surface area contributed by atoms with Gasteiger partial charge in [0.2, 0.25) is 0 Å². The summed E-state index contributed by atoms with van der Waals surface area (Å²) in [6.45, 7) is 0. The lowest BCUT2D eigenvalue weighted by Gasteiger charge is -2.07. The first kappa shape index (κ1) is 12.0. The fraction of sp³-hybridized carbons (Fsp3) is 0.167. The van der Waals surface area contributed by atoms with Crippen molar-refractivity contribution in [1.82, 2.24) is 9.97 Å². The summed E-state index contributed by atoms with van der Waals surface area (Å²) in [6, 6.07) is 5.10. The van der Waals surface area contributed by atoms with Gasteiger partial charge in [-0.1, -0.05) is 0 Å². The minimum absolute atomic E-state index is 0.0327. The van der Waals surface area contributed by atoms with Crippen LogP contribution in [-0.2, 0) is 0 Å². The smallest absolute Gasteiger partial charge is 0.354 e. The van der Waals surface area contributed by atoms with Gasteiger partial charge in [-0.2, -0.15) is 0 Å². The molecule has 0 radical (unpaired) electrons. The van der Waals surface area contributed by atoms with Gasteiger partial charge < -0.3 is 19.6 Å². The predicted octanol–water partition coefficient (Wildman–Crippen LogP) is 1.79. The lowest BCUT2D eigenvalue weighted by molar-refractivity contribution is 0.0692. The molecule has 0 atom stereocenters. The maximum Gasteiger partial charge on any atom is 0.354 e. The average Bonchev–Trinajstić information content (AvgIpc) is 2.87. The monoisotopic (exact) mass is 248 g/mol. The molecule has 2 aromatic rings. The second kappa shape index (κ2) is 4.79. The van der Waals surface area contributed by atoms with E-state index in [0.717, 1.165) is 0 Å². The Morgan fingerprint density at radius 2 is 1.83 bits per heavy atom. The van der Waals surface area contributed by atoms with E-state index in [1.54, 1.807) is 18.2 Å². The van der Waals surface area contributed by atoms with Gasteiger partial charge in [-0.15, -0.1) is 0 Å². The fourth-order valence-corrected chi connectivity index (χ4v) is 1.62. The van der Waals surface area contributed by atoms with Gasteiger partial charge in [-0.05, 0) is 12.1 Å². The highest BCUT2D eigenvalue weighted by Crippen LogP contribution is 2.30. The highest BCUT2D eigenvalue weighted by Gasteiger charge is 2.16. The van der Waals surface area contributed by atoms with Crippen LogP contribution in [0.1, 0.15) is 10.5 Å². The van der Waals surface area contributed by atoms with Gasteiger partial charge in [0.25, 0.3) is 0 Å². The summed E-state index contributed by atoms with van der Waals surface area (Å²) in [6.07, 6.45) is 1.34. The van der Waals surface area contributed by atoms with Gasteiger partial charge in [0, 0.05) is 11.6 Å². The molecule has 0 bridgehead atoms. The van der Waals surface area contributed by atoms with Crippen LogP contribution in [0, 0.1) is 0 Å². The number of rotatable bonds is 4. The fourth-order valence-electron chi connectivity index (χ4n) is 1.62. The lowest BCUT2D eigenvalue weighted by atomic mass is 10.1. The summed E-state index contributed by atoms with van der Waals surface area (Å²) in [7, 11) is 3.06. The topological polar surface area (TPSA) is 84.4 Å². The second-order valence-corrected chi connectivity index (χ2v) is 3.53. The number of aromatic nitrogens is 2. The molecule has 1 aromatic carbocycles. The highest BCUT2D eigenvalue weighted by atomic mass is 16.5. The molecule has 0 amide bonds. The lowest BCUT2D eigenvalue weighted by Crippen LogP contribution is -1.99. The third-order valence-electron chi connectivity index (χ3n) is 2.48. The van der Waals surface area contributed by atoms with E-state index < -0.39 is 5.97 Å². The number of H-pyrrole nitrogens is 1. The average molecular weight is 248 g/mol. The molecule has 1 heterocycles.